The highest BCUT2D eigenvalue weighted by molar-refractivity contribution is 5.60. The molecule has 0 spiro atoms. The number of phenols is 1. The van der Waals surface area contributed by atoms with Crippen molar-refractivity contribution in [2.24, 2.45) is 0 Å². The molecule has 3 N–H and O–H groups in total. The van der Waals surface area contributed by atoms with Crippen molar-refractivity contribution >= 4 is 5.69 Å². The molecule has 0 atom stereocenters. The third kappa shape index (κ3) is 2.31. The molecule has 90 valence electrons. The van der Waals surface area contributed by atoms with E-state index in [1.165, 1.54) is 11.1 Å². The molecular formula is C14H23NO. The van der Waals surface area contributed by atoms with Crippen LogP contribution in [0.2, 0.25) is 0 Å². The highest BCUT2D eigenvalue weighted by atomic mass is 16.3. The molecule has 0 heterocycles. The Morgan fingerprint density at radius 2 is 1.88 bits per heavy atom. The Bertz CT molecular complexity index is 369. The summed E-state index contributed by atoms with van der Waals surface area (Å²) in [5.41, 5.74) is 10.3. The molecule has 0 unspecified atom stereocenters. The van der Waals surface area contributed by atoms with Gasteiger partial charge < -0.3 is 10.8 Å². The van der Waals surface area contributed by atoms with Crippen molar-refractivity contribution in [3.05, 3.63) is 22.8 Å². The highest BCUT2D eigenvalue weighted by Gasteiger charge is 2.17. The van der Waals surface area contributed by atoms with Crippen molar-refractivity contribution in [3.8, 4) is 5.75 Å². The summed E-state index contributed by atoms with van der Waals surface area (Å²) >= 11 is 0. The number of aromatic hydroxyl groups is 1. The van der Waals surface area contributed by atoms with Crippen molar-refractivity contribution in [1.82, 2.24) is 0 Å². The Hall–Kier alpha value is -1.18. The normalized spacial score (nSPS) is 11.1. The summed E-state index contributed by atoms with van der Waals surface area (Å²) in [5, 5.41) is 9.93. The molecule has 0 radical (unpaired) electrons. The second-order valence-corrected chi connectivity index (χ2v) is 4.61. The van der Waals surface area contributed by atoms with Crippen molar-refractivity contribution < 1.29 is 5.11 Å². The molecule has 0 fully saturated rings. The number of rotatable bonds is 4. The minimum absolute atomic E-state index is 0.351. The Labute approximate surface area is 98.5 Å². The zero-order chi connectivity index (χ0) is 12.3. The van der Waals surface area contributed by atoms with Gasteiger partial charge in [0.2, 0.25) is 0 Å². The molecule has 16 heavy (non-hydrogen) atoms. The lowest BCUT2D eigenvalue weighted by Gasteiger charge is -2.20. The first-order chi connectivity index (χ1) is 7.52. The molecule has 0 amide bonds. The average molecular weight is 221 g/mol. The number of hydrogen-bond donors (Lipinski definition) is 2. The summed E-state index contributed by atoms with van der Waals surface area (Å²) in [7, 11) is 0. The van der Waals surface area contributed by atoms with E-state index >= 15 is 0 Å². The summed E-state index contributed by atoms with van der Waals surface area (Å²) < 4.78 is 0. The van der Waals surface area contributed by atoms with E-state index in [0.29, 0.717) is 11.7 Å². The zero-order valence-corrected chi connectivity index (χ0v) is 10.8. The van der Waals surface area contributed by atoms with Gasteiger partial charge >= 0.3 is 0 Å². The van der Waals surface area contributed by atoms with E-state index in [4.69, 9.17) is 5.73 Å². The number of nitrogens with two attached hydrogens (primary N) is 1. The van der Waals surface area contributed by atoms with Crippen LogP contribution in [-0.2, 0) is 12.8 Å². The molecule has 2 heteroatoms. The van der Waals surface area contributed by atoms with Crippen LogP contribution in [-0.4, -0.2) is 5.11 Å². The highest BCUT2D eigenvalue weighted by Crippen LogP contribution is 2.35. The SMILES string of the molecule is CCCc1c(N)cc(O)c(CC)c1C(C)C. The summed E-state index contributed by atoms with van der Waals surface area (Å²) in [6.07, 6.45) is 2.93. The molecule has 0 aliphatic rings. The van der Waals surface area contributed by atoms with Crippen LogP contribution in [0.1, 0.15) is 56.7 Å². The standard InChI is InChI=1S/C14H23NO/c1-5-7-11-12(15)8-13(16)10(6-2)14(11)9(3)4/h8-9,16H,5-7,15H2,1-4H3. The van der Waals surface area contributed by atoms with Crippen molar-refractivity contribution in [3.63, 3.8) is 0 Å². The number of benzene rings is 1. The number of phenolic OH excluding ortho intramolecular Hbond substituents is 1. The number of anilines is 1. The van der Waals surface area contributed by atoms with Gasteiger partial charge in [-0.3, -0.25) is 0 Å². The Morgan fingerprint density at radius 1 is 1.25 bits per heavy atom. The maximum Gasteiger partial charge on any atom is 0.121 e. The molecule has 0 aromatic heterocycles. The van der Waals surface area contributed by atoms with Gasteiger partial charge in [0.05, 0.1) is 0 Å². The van der Waals surface area contributed by atoms with Crippen LogP contribution >= 0.6 is 0 Å². The van der Waals surface area contributed by atoms with Crippen molar-refractivity contribution in [1.29, 1.82) is 0 Å². The van der Waals surface area contributed by atoms with Crippen molar-refractivity contribution in [2.45, 2.75) is 52.9 Å². The van der Waals surface area contributed by atoms with Gasteiger partial charge in [-0.2, -0.15) is 0 Å². The number of nitrogen functional groups attached to an aromatic ring is 1. The fraction of sp³-hybridized carbons (Fsp3) is 0.571. The van der Waals surface area contributed by atoms with E-state index in [2.05, 4.69) is 27.7 Å². The first-order valence-electron chi connectivity index (χ1n) is 6.15. The van der Waals surface area contributed by atoms with Gasteiger partial charge in [-0.05, 0) is 35.4 Å². The lowest BCUT2D eigenvalue weighted by Crippen LogP contribution is -2.06. The molecular weight excluding hydrogens is 198 g/mol. The number of hydrogen-bond acceptors (Lipinski definition) is 2. The lowest BCUT2D eigenvalue weighted by molar-refractivity contribution is 0.467. The molecule has 0 bridgehead atoms. The second kappa shape index (κ2) is 5.24. The van der Waals surface area contributed by atoms with Gasteiger partial charge in [-0.1, -0.05) is 34.1 Å². The predicted molar refractivity (Wildman–Crippen MR) is 70.0 cm³/mol. The van der Waals surface area contributed by atoms with Gasteiger partial charge in [0.15, 0.2) is 0 Å². The Morgan fingerprint density at radius 3 is 2.31 bits per heavy atom. The third-order valence-corrected chi connectivity index (χ3v) is 3.03. The van der Waals surface area contributed by atoms with Crippen LogP contribution in [0.4, 0.5) is 5.69 Å². The Balaban J connectivity index is 3.45. The van der Waals surface area contributed by atoms with Crippen molar-refractivity contribution in [2.75, 3.05) is 5.73 Å². The van der Waals surface area contributed by atoms with E-state index in [1.807, 2.05) is 0 Å². The zero-order valence-electron chi connectivity index (χ0n) is 10.8. The minimum Gasteiger partial charge on any atom is -0.508 e. The maximum absolute atomic E-state index is 9.93. The summed E-state index contributed by atoms with van der Waals surface area (Å²) in [6.45, 7) is 8.55. The second-order valence-electron chi connectivity index (χ2n) is 4.61. The minimum atomic E-state index is 0.351. The summed E-state index contributed by atoms with van der Waals surface area (Å²) in [6, 6.07) is 1.70. The fourth-order valence-corrected chi connectivity index (χ4v) is 2.39. The molecule has 1 aromatic carbocycles. The van der Waals surface area contributed by atoms with E-state index < -0.39 is 0 Å². The molecule has 0 saturated heterocycles. The summed E-state index contributed by atoms with van der Waals surface area (Å²) in [5.74, 6) is 0.759. The van der Waals surface area contributed by atoms with Gasteiger partial charge in [-0.25, -0.2) is 0 Å². The molecule has 1 rings (SSSR count). The van der Waals surface area contributed by atoms with Crippen LogP contribution < -0.4 is 5.73 Å². The van der Waals surface area contributed by atoms with Gasteiger partial charge in [0.1, 0.15) is 5.75 Å². The fourth-order valence-electron chi connectivity index (χ4n) is 2.39. The van der Waals surface area contributed by atoms with E-state index in [9.17, 15) is 5.11 Å². The monoisotopic (exact) mass is 221 g/mol. The average Bonchev–Trinajstić information content (AvgIpc) is 2.21. The van der Waals surface area contributed by atoms with Gasteiger partial charge in [0, 0.05) is 11.8 Å². The molecule has 2 nitrogen and oxygen atoms in total. The molecule has 0 saturated carbocycles. The largest absolute Gasteiger partial charge is 0.508 e. The van der Waals surface area contributed by atoms with Gasteiger partial charge in [-0.15, -0.1) is 0 Å². The smallest absolute Gasteiger partial charge is 0.121 e. The van der Waals surface area contributed by atoms with E-state index in [-0.39, 0.29) is 0 Å². The third-order valence-electron chi connectivity index (χ3n) is 3.03. The van der Waals surface area contributed by atoms with Crippen LogP contribution in [0.15, 0.2) is 6.07 Å². The topological polar surface area (TPSA) is 46.2 Å². The van der Waals surface area contributed by atoms with E-state index in [0.717, 1.165) is 30.5 Å². The molecule has 0 aliphatic carbocycles. The van der Waals surface area contributed by atoms with Crippen LogP contribution in [0.25, 0.3) is 0 Å². The maximum atomic E-state index is 9.93. The van der Waals surface area contributed by atoms with Crippen LogP contribution in [0.3, 0.4) is 0 Å². The van der Waals surface area contributed by atoms with Crippen LogP contribution in [0.5, 0.6) is 5.75 Å². The van der Waals surface area contributed by atoms with Gasteiger partial charge in [0.25, 0.3) is 0 Å². The molecule has 0 aliphatic heterocycles. The lowest BCUT2D eigenvalue weighted by atomic mass is 9.87. The molecule has 1 aromatic rings. The first-order valence-corrected chi connectivity index (χ1v) is 6.15. The predicted octanol–water partition coefficient (Wildman–Crippen LogP) is 3.61. The Kier molecular flexibility index (Phi) is 4.22. The quantitative estimate of drug-likeness (QED) is 0.763. The van der Waals surface area contributed by atoms with Crippen LogP contribution in [0, 0.1) is 0 Å². The first kappa shape index (κ1) is 12.9. The van der Waals surface area contributed by atoms with E-state index in [1.54, 1.807) is 6.07 Å². The summed E-state index contributed by atoms with van der Waals surface area (Å²) in [4.78, 5) is 0.